The first kappa shape index (κ1) is 9.78. The molecule has 1 nitrogen and oxygen atoms in total. The van der Waals surface area contributed by atoms with E-state index in [1.165, 1.54) is 6.07 Å². The smallest absolute Gasteiger partial charge is 0.123 e. The van der Waals surface area contributed by atoms with Crippen molar-refractivity contribution < 1.29 is 5.82 Å². The highest BCUT2D eigenvalue weighted by molar-refractivity contribution is 5.82. The Morgan fingerprint density at radius 3 is 2.69 bits per heavy atom. The van der Waals surface area contributed by atoms with Crippen LogP contribution in [-0.4, -0.2) is 4.98 Å². The predicted molar refractivity (Wildman–Crippen MR) is 56.5 cm³/mol. The molecule has 0 spiro atoms. The number of aryl methyl sites for hydroxylation is 1. The van der Waals surface area contributed by atoms with Crippen LogP contribution in [-0.2, 0) is 0 Å². The molecular weight excluding hydrogens is 165 g/mol. The van der Waals surface area contributed by atoms with Gasteiger partial charge < -0.3 is 4.98 Å². The Labute approximate surface area is 79.1 Å². The molecule has 0 unspecified atom stereocenters. The molecule has 0 radical (unpaired) electrons. The minimum Gasteiger partial charge on any atom is -0.361 e. The van der Waals surface area contributed by atoms with Crippen LogP contribution in [0.3, 0.4) is 0 Å². The van der Waals surface area contributed by atoms with Gasteiger partial charge in [-0.25, -0.2) is 4.39 Å². The van der Waals surface area contributed by atoms with E-state index in [4.69, 9.17) is 0 Å². The zero-order valence-corrected chi connectivity index (χ0v) is 8.19. The molecule has 0 aliphatic carbocycles. The van der Waals surface area contributed by atoms with Gasteiger partial charge >= 0.3 is 0 Å². The number of fused-ring (bicyclic) bond motifs is 1. The largest absolute Gasteiger partial charge is 0.361 e. The van der Waals surface area contributed by atoms with E-state index in [-0.39, 0.29) is 7.24 Å². The minimum atomic E-state index is -0.180. The van der Waals surface area contributed by atoms with Crippen LogP contribution in [0, 0.1) is 12.7 Å². The summed E-state index contributed by atoms with van der Waals surface area (Å²) < 4.78 is 12.7. The molecule has 2 heteroatoms. The molecule has 0 aliphatic rings. The zero-order valence-electron chi connectivity index (χ0n) is 8.19. The van der Waals surface area contributed by atoms with E-state index in [2.05, 4.69) is 4.98 Å². The number of benzene rings is 1. The summed E-state index contributed by atoms with van der Waals surface area (Å²) in [6, 6.07) is 4.75. The van der Waals surface area contributed by atoms with Crippen LogP contribution in [0.25, 0.3) is 10.9 Å². The van der Waals surface area contributed by atoms with Crippen LogP contribution in [0.5, 0.6) is 0 Å². The van der Waals surface area contributed by atoms with E-state index in [0.717, 1.165) is 16.5 Å². The lowest BCUT2D eigenvalue weighted by molar-refractivity contribution is 0.629. The topological polar surface area (TPSA) is 15.8 Å². The Kier molecular flexibility index (Phi) is 3.07. The summed E-state index contributed by atoms with van der Waals surface area (Å²) in [5, 5.41) is 0.963. The number of hydrogen-bond acceptors (Lipinski definition) is 0. The second-order valence-corrected chi connectivity index (χ2v) is 2.66. The lowest BCUT2D eigenvalue weighted by Gasteiger charge is -1.90. The van der Waals surface area contributed by atoms with E-state index < -0.39 is 0 Å². The summed E-state index contributed by atoms with van der Waals surface area (Å²) in [5.41, 5.74) is 2.07. The van der Waals surface area contributed by atoms with Gasteiger partial charge in [-0.2, -0.15) is 0 Å². The van der Waals surface area contributed by atoms with E-state index in [0.29, 0.717) is 0 Å². The van der Waals surface area contributed by atoms with E-state index in [9.17, 15) is 4.39 Å². The van der Waals surface area contributed by atoms with Crippen molar-refractivity contribution in [2.75, 3.05) is 0 Å². The minimum absolute atomic E-state index is 0. The van der Waals surface area contributed by atoms with Crippen molar-refractivity contribution in [3.63, 3.8) is 0 Å². The summed E-state index contributed by atoms with van der Waals surface area (Å²) in [7, 11) is 0. The summed E-state index contributed by atoms with van der Waals surface area (Å²) in [4.78, 5) is 3.05. The Balaban J connectivity index is 0.000000531. The Morgan fingerprint density at radius 2 is 2.00 bits per heavy atom. The van der Waals surface area contributed by atoms with Crippen LogP contribution in [0.1, 0.15) is 20.8 Å². The second-order valence-electron chi connectivity index (χ2n) is 2.66. The van der Waals surface area contributed by atoms with E-state index >= 15 is 0 Å². The molecule has 2 aromatic rings. The highest BCUT2D eigenvalue weighted by atomic mass is 19.1. The first-order valence-electron chi connectivity index (χ1n) is 4.50. The molecule has 1 N–H and O–H groups in total. The van der Waals surface area contributed by atoms with Gasteiger partial charge in [0, 0.05) is 18.5 Å². The molecule has 0 amide bonds. The number of halogens is 1. The van der Waals surface area contributed by atoms with Gasteiger partial charge in [0.05, 0.1) is 0 Å². The highest BCUT2D eigenvalue weighted by Gasteiger charge is 1.98. The number of rotatable bonds is 0. The molecule has 0 atom stereocenters. The third kappa shape index (κ3) is 1.89. The van der Waals surface area contributed by atoms with Crippen LogP contribution < -0.4 is 0 Å². The average molecular weight is 181 g/mol. The first-order chi connectivity index (χ1) is 6.27. The van der Waals surface area contributed by atoms with Gasteiger partial charge in [-0.3, -0.25) is 0 Å². The number of H-pyrrole nitrogens is 1. The van der Waals surface area contributed by atoms with Crippen molar-refractivity contribution in [2.24, 2.45) is 0 Å². The monoisotopic (exact) mass is 181 g/mol. The molecule has 1 aromatic carbocycles. The lowest BCUT2D eigenvalue weighted by Crippen LogP contribution is -1.73. The highest BCUT2D eigenvalue weighted by Crippen LogP contribution is 2.17. The average Bonchev–Trinajstić information content (AvgIpc) is 2.52. The van der Waals surface area contributed by atoms with Crippen LogP contribution >= 0.6 is 0 Å². The first-order valence-corrected chi connectivity index (χ1v) is 4.50. The van der Waals surface area contributed by atoms with Gasteiger partial charge in [0.25, 0.3) is 0 Å². The van der Waals surface area contributed by atoms with E-state index in [1.54, 1.807) is 12.1 Å². The molecule has 0 saturated carbocycles. The van der Waals surface area contributed by atoms with Gasteiger partial charge in [0.15, 0.2) is 0 Å². The molecule has 72 valence electrons. The van der Waals surface area contributed by atoms with Crippen molar-refractivity contribution >= 4 is 10.9 Å². The molecule has 2 rings (SSSR count). The normalized spacial score (nSPS) is 9.54. The predicted octanol–water partition coefficient (Wildman–Crippen LogP) is 3.89. The van der Waals surface area contributed by atoms with Crippen molar-refractivity contribution in [3.8, 4) is 0 Å². The van der Waals surface area contributed by atoms with Gasteiger partial charge in [-0.05, 0) is 30.7 Å². The van der Waals surface area contributed by atoms with Crippen molar-refractivity contribution in [1.29, 1.82) is 0 Å². The van der Waals surface area contributed by atoms with Gasteiger partial charge in [0.1, 0.15) is 5.82 Å². The summed E-state index contributed by atoms with van der Waals surface area (Å²) >= 11 is 0. The number of hydrogen-bond donors (Lipinski definition) is 1. The molecule has 1 aromatic heterocycles. The summed E-state index contributed by atoms with van der Waals surface area (Å²) in [6.07, 6.45) is 1.88. The maximum Gasteiger partial charge on any atom is 0.123 e. The number of aromatic nitrogens is 1. The molecular formula is C11H16FN. The van der Waals surface area contributed by atoms with Gasteiger partial charge in [0.2, 0.25) is 0 Å². The summed E-state index contributed by atoms with van der Waals surface area (Å²) in [5.74, 6) is -0.180. The summed E-state index contributed by atoms with van der Waals surface area (Å²) in [6.45, 7) is 5.96. The second kappa shape index (κ2) is 4.08. The third-order valence-corrected chi connectivity index (χ3v) is 1.85. The Hall–Kier alpha value is -1.31. The van der Waals surface area contributed by atoms with Gasteiger partial charge in [-0.15, -0.1) is 0 Å². The standard InChI is InChI=1S/C9H8FN.C2H6.H2/c1-6-5-11-9-3-2-7(10)4-8(6)9;1-2;/h2-5,11H,1H3;1-2H3;1H. The fourth-order valence-corrected chi connectivity index (χ4v) is 1.23. The van der Waals surface area contributed by atoms with E-state index in [1.807, 2.05) is 27.0 Å². The fourth-order valence-electron chi connectivity index (χ4n) is 1.23. The lowest BCUT2D eigenvalue weighted by atomic mass is 10.2. The quantitative estimate of drug-likeness (QED) is 0.634. The molecule has 0 aliphatic heterocycles. The molecule has 13 heavy (non-hydrogen) atoms. The molecule has 0 saturated heterocycles. The zero-order chi connectivity index (χ0) is 9.84. The maximum absolute atomic E-state index is 12.7. The SMILES string of the molecule is CC.Cc1c[nH]c2ccc(F)cc12.[HH]. The third-order valence-electron chi connectivity index (χ3n) is 1.85. The van der Waals surface area contributed by atoms with Crippen LogP contribution in [0.4, 0.5) is 4.39 Å². The van der Waals surface area contributed by atoms with Crippen molar-refractivity contribution in [3.05, 3.63) is 35.8 Å². The van der Waals surface area contributed by atoms with Gasteiger partial charge in [-0.1, -0.05) is 13.8 Å². The van der Waals surface area contributed by atoms with Crippen molar-refractivity contribution in [2.45, 2.75) is 20.8 Å². The Bertz CT molecular complexity index is 395. The molecule has 1 heterocycles. The van der Waals surface area contributed by atoms with Crippen LogP contribution in [0.15, 0.2) is 24.4 Å². The number of nitrogens with one attached hydrogen (secondary N) is 1. The van der Waals surface area contributed by atoms with Crippen molar-refractivity contribution in [1.82, 2.24) is 4.98 Å². The maximum atomic E-state index is 12.7. The fraction of sp³-hybridized carbons (Fsp3) is 0.273. The molecule has 0 fully saturated rings. The Morgan fingerprint density at radius 1 is 1.31 bits per heavy atom. The molecule has 0 bridgehead atoms. The number of aromatic amines is 1. The van der Waals surface area contributed by atoms with Crippen LogP contribution in [0.2, 0.25) is 0 Å².